The van der Waals surface area contributed by atoms with E-state index in [2.05, 4.69) is 0 Å². The standard InChI is InChI=1S/C10H18F3NO/c1-4-9(2,8-15)7-14(3)6-5-10(11,12)13/h8H,4-7H2,1-3H3. The zero-order valence-corrected chi connectivity index (χ0v) is 9.40. The zero-order chi connectivity index (χ0) is 12.1. The van der Waals surface area contributed by atoms with Gasteiger partial charge in [-0.1, -0.05) is 13.8 Å². The van der Waals surface area contributed by atoms with Crippen molar-refractivity contribution in [3.8, 4) is 0 Å². The first-order valence-electron chi connectivity index (χ1n) is 4.94. The Morgan fingerprint density at radius 1 is 1.33 bits per heavy atom. The van der Waals surface area contributed by atoms with E-state index in [4.69, 9.17) is 0 Å². The van der Waals surface area contributed by atoms with Crippen LogP contribution >= 0.6 is 0 Å². The van der Waals surface area contributed by atoms with Gasteiger partial charge in [0.05, 0.1) is 6.42 Å². The van der Waals surface area contributed by atoms with Crippen LogP contribution in [0.1, 0.15) is 26.7 Å². The molecular formula is C10H18F3NO. The third-order valence-corrected chi connectivity index (χ3v) is 2.50. The van der Waals surface area contributed by atoms with Gasteiger partial charge in [0.15, 0.2) is 0 Å². The van der Waals surface area contributed by atoms with Gasteiger partial charge in [0.1, 0.15) is 6.29 Å². The highest BCUT2D eigenvalue weighted by atomic mass is 19.4. The van der Waals surface area contributed by atoms with E-state index in [1.807, 2.05) is 6.92 Å². The first-order valence-corrected chi connectivity index (χ1v) is 4.94. The number of hydrogen-bond donors (Lipinski definition) is 0. The first-order chi connectivity index (χ1) is 6.72. The summed E-state index contributed by atoms with van der Waals surface area (Å²) in [6, 6.07) is 0. The number of carbonyl (C=O) groups is 1. The van der Waals surface area contributed by atoms with Gasteiger partial charge in [-0.15, -0.1) is 0 Å². The van der Waals surface area contributed by atoms with Gasteiger partial charge in [0.25, 0.3) is 0 Å². The Kier molecular flexibility index (Phi) is 5.28. The van der Waals surface area contributed by atoms with E-state index in [1.165, 1.54) is 0 Å². The zero-order valence-electron chi connectivity index (χ0n) is 9.40. The number of alkyl halides is 3. The summed E-state index contributed by atoms with van der Waals surface area (Å²) in [6.07, 6.45) is -3.51. The van der Waals surface area contributed by atoms with E-state index in [1.54, 1.807) is 18.9 Å². The molecule has 0 aliphatic rings. The van der Waals surface area contributed by atoms with Crippen LogP contribution in [0.3, 0.4) is 0 Å². The molecule has 2 nitrogen and oxygen atoms in total. The summed E-state index contributed by atoms with van der Waals surface area (Å²) in [7, 11) is 1.60. The van der Waals surface area contributed by atoms with Crippen molar-refractivity contribution in [3.63, 3.8) is 0 Å². The summed E-state index contributed by atoms with van der Waals surface area (Å²) in [5.41, 5.74) is -0.541. The molecule has 0 aromatic carbocycles. The predicted octanol–water partition coefficient (Wildman–Crippen LogP) is 2.49. The predicted molar refractivity (Wildman–Crippen MR) is 52.6 cm³/mol. The van der Waals surface area contributed by atoms with Gasteiger partial charge in [-0.25, -0.2) is 0 Å². The Labute approximate surface area is 88.4 Å². The molecule has 1 unspecified atom stereocenters. The van der Waals surface area contributed by atoms with Gasteiger partial charge >= 0.3 is 6.18 Å². The Bertz CT molecular complexity index is 205. The summed E-state index contributed by atoms with van der Waals surface area (Å²) >= 11 is 0. The molecule has 5 heteroatoms. The summed E-state index contributed by atoms with van der Waals surface area (Å²) in [5, 5.41) is 0. The largest absolute Gasteiger partial charge is 0.390 e. The number of halogens is 3. The van der Waals surface area contributed by atoms with Crippen molar-refractivity contribution >= 4 is 6.29 Å². The SMILES string of the molecule is CCC(C)(C=O)CN(C)CCC(F)(F)F. The fourth-order valence-corrected chi connectivity index (χ4v) is 1.25. The van der Waals surface area contributed by atoms with Crippen molar-refractivity contribution in [1.29, 1.82) is 0 Å². The topological polar surface area (TPSA) is 20.3 Å². The number of nitrogens with zero attached hydrogens (tertiary/aromatic N) is 1. The Morgan fingerprint density at radius 3 is 2.20 bits per heavy atom. The monoisotopic (exact) mass is 225 g/mol. The van der Waals surface area contributed by atoms with Crippen LogP contribution in [0.5, 0.6) is 0 Å². The highest BCUT2D eigenvalue weighted by Crippen LogP contribution is 2.22. The van der Waals surface area contributed by atoms with E-state index < -0.39 is 18.0 Å². The maximum atomic E-state index is 11.9. The van der Waals surface area contributed by atoms with Crippen LogP contribution in [-0.4, -0.2) is 37.5 Å². The van der Waals surface area contributed by atoms with Crippen LogP contribution in [0, 0.1) is 5.41 Å². The second-order valence-corrected chi connectivity index (χ2v) is 4.23. The molecule has 0 spiro atoms. The van der Waals surface area contributed by atoms with Crippen molar-refractivity contribution in [2.75, 3.05) is 20.1 Å². The van der Waals surface area contributed by atoms with Crippen molar-refractivity contribution < 1.29 is 18.0 Å². The third kappa shape index (κ3) is 6.49. The molecular weight excluding hydrogens is 207 g/mol. The van der Waals surface area contributed by atoms with Gasteiger partial charge in [-0.05, 0) is 13.5 Å². The molecule has 0 aromatic rings. The van der Waals surface area contributed by atoms with Crippen LogP contribution in [-0.2, 0) is 4.79 Å². The van der Waals surface area contributed by atoms with Crippen LogP contribution in [0.4, 0.5) is 13.2 Å². The van der Waals surface area contributed by atoms with E-state index in [0.29, 0.717) is 13.0 Å². The van der Waals surface area contributed by atoms with E-state index in [0.717, 1.165) is 6.29 Å². The van der Waals surface area contributed by atoms with Crippen molar-refractivity contribution in [1.82, 2.24) is 4.90 Å². The molecule has 0 saturated heterocycles. The summed E-state index contributed by atoms with van der Waals surface area (Å²) in [6.45, 7) is 3.91. The second-order valence-electron chi connectivity index (χ2n) is 4.23. The molecule has 1 atom stereocenters. The first kappa shape index (κ1) is 14.4. The van der Waals surface area contributed by atoms with E-state index >= 15 is 0 Å². The lowest BCUT2D eigenvalue weighted by molar-refractivity contribution is -0.138. The molecule has 0 aromatic heterocycles. The molecule has 0 fully saturated rings. The molecule has 0 heterocycles. The minimum atomic E-state index is -4.13. The number of aldehydes is 1. The lowest BCUT2D eigenvalue weighted by atomic mass is 9.89. The molecule has 0 bridgehead atoms. The summed E-state index contributed by atoms with van der Waals surface area (Å²) in [4.78, 5) is 12.3. The van der Waals surface area contributed by atoms with Crippen LogP contribution < -0.4 is 0 Å². The van der Waals surface area contributed by atoms with Crippen LogP contribution in [0.25, 0.3) is 0 Å². The molecule has 0 amide bonds. The minimum absolute atomic E-state index is 0.0626. The van der Waals surface area contributed by atoms with Gasteiger partial charge in [-0.3, -0.25) is 0 Å². The van der Waals surface area contributed by atoms with Gasteiger partial charge in [0, 0.05) is 18.5 Å². The average Bonchev–Trinajstić information content (AvgIpc) is 2.13. The molecule has 0 aliphatic carbocycles. The van der Waals surface area contributed by atoms with Crippen LogP contribution in [0.15, 0.2) is 0 Å². The van der Waals surface area contributed by atoms with E-state index in [-0.39, 0.29) is 6.54 Å². The van der Waals surface area contributed by atoms with Crippen LogP contribution in [0.2, 0.25) is 0 Å². The number of rotatable bonds is 6. The van der Waals surface area contributed by atoms with Crippen molar-refractivity contribution in [3.05, 3.63) is 0 Å². The molecule has 90 valence electrons. The quantitative estimate of drug-likeness (QED) is 0.647. The smallest absolute Gasteiger partial charge is 0.305 e. The molecule has 0 radical (unpaired) electrons. The number of hydrogen-bond acceptors (Lipinski definition) is 2. The van der Waals surface area contributed by atoms with Gasteiger partial charge in [-0.2, -0.15) is 13.2 Å². The maximum absolute atomic E-state index is 11.9. The van der Waals surface area contributed by atoms with E-state index in [9.17, 15) is 18.0 Å². The van der Waals surface area contributed by atoms with Crippen molar-refractivity contribution in [2.45, 2.75) is 32.9 Å². The lowest BCUT2D eigenvalue weighted by Gasteiger charge is -2.28. The minimum Gasteiger partial charge on any atom is -0.305 e. The highest BCUT2D eigenvalue weighted by Gasteiger charge is 2.29. The molecule has 15 heavy (non-hydrogen) atoms. The fraction of sp³-hybridized carbons (Fsp3) is 0.900. The molecule has 0 rings (SSSR count). The maximum Gasteiger partial charge on any atom is 0.390 e. The molecule has 0 N–H and O–H groups in total. The number of carbonyl (C=O) groups excluding carboxylic acids is 1. The molecule has 0 aliphatic heterocycles. The fourth-order valence-electron chi connectivity index (χ4n) is 1.25. The Balaban J connectivity index is 4.03. The summed E-state index contributed by atoms with van der Waals surface area (Å²) < 4.78 is 35.7. The average molecular weight is 225 g/mol. The van der Waals surface area contributed by atoms with Crippen molar-refractivity contribution in [2.24, 2.45) is 5.41 Å². The second kappa shape index (κ2) is 5.49. The Hall–Kier alpha value is -0.580. The van der Waals surface area contributed by atoms with Gasteiger partial charge in [0.2, 0.25) is 0 Å². The lowest BCUT2D eigenvalue weighted by Crippen LogP contribution is -2.36. The highest BCUT2D eigenvalue weighted by molar-refractivity contribution is 5.58. The summed E-state index contributed by atoms with van der Waals surface area (Å²) in [5.74, 6) is 0. The normalized spacial score (nSPS) is 16.5. The Morgan fingerprint density at radius 2 is 1.87 bits per heavy atom. The molecule has 0 saturated carbocycles. The third-order valence-electron chi connectivity index (χ3n) is 2.50. The van der Waals surface area contributed by atoms with Gasteiger partial charge < -0.3 is 9.69 Å².